The van der Waals surface area contributed by atoms with Gasteiger partial charge >= 0.3 is 0 Å². The first-order valence-corrected chi connectivity index (χ1v) is 6.72. The maximum absolute atomic E-state index is 8.78. The number of ether oxygens (including phenoxy) is 1. The lowest BCUT2D eigenvalue weighted by Crippen LogP contribution is -2.15. The molecule has 0 aliphatic rings. The van der Waals surface area contributed by atoms with Crippen LogP contribution in [0.3, 0.4) is 0 Å². The van der Waals surface area contributed by atoms with Crippen LogP contribution in [0.25, 0.3) is 0 Å². The van der Waals surface area contributed by atoms with Crippen LogP contribution in [0, 0.1) is 0 Å². The van der Waals surface area contributed by atoms with Crippen LogP contribution in [0.4, 0.5) is 0 Å². The van der Waals surface area contributed by atoms with E-state index in [1.807, 2.05) is 18.3 Å². The first-order chi connectivity index (χ1) is 10.1. The van der Waals surface area contributed by atoms with Crippen molar-refractivity contribution < 1.29 is 9.94 Å². The molecule has 0 saturated heterocycles. The molecule has 21 heavy (non-hydrogen) atoms. The van der Waals surface area contributed by atoms with Gasteiger partial charge in [-0.25, -0.2) is 4.98 Å². The molecular weight excluding hydrogens is 268 g/mol. The minimum atomic E-state index is 0.0314. The van der Waals surface area contributed by atoms with Crippen molar-refractivity contribution in [1.82, 2.24) is 9.55 Å². The SMILES string of the molecule is COc1cc(Cn2ccnc2C(C)C)ccc1/C(N)=N/O. The van der Waals surface area contributed by atoms with E-state index in [0.29, 0.717) is 23.8 Å². The van der Waals surface area contributed by atoms with Crippen molar-refractivity contribution in [3.63, 3.8) is 0 Å². The number of methoxy groups -OCH3 is 1. The van der Waals surface area contributed by atoms with Crippen LogP contribution in [0.1, 0.15) is 36.7 Å². The lowest BCUT2D eigenvalue weighted by molar-refractivity contribution is 0.318. The highest BCUT2D eigenvalue weighted by Crippen LogP contribution is 2.22. The zero-order valence-corrected chi connectivity index (χ0v) is 12.4. The van der Waals surface area contributed by atoms with Gasteiger partial charge in [0, 0.05) is 24.9 Å². The van der Waals surface area contributed by atoms with Crippen LogP contribution < -0.4 is 10.5 Å². The smallest absolute Gasteiger partial charge is 0.173 e. The van der Waals surface area contributed by atoms with Crippen molar-refractivity contribution in [2.75, 3.05) is 7.11 Å². The fraction of sp³-hybridized carbons (Fsp3) is 0.333. The molecule has 6 nitrogen and oxygen atoms in total. The van der Waals surface area contributed by atoms with Gasteiger partial charge in [0.2, 0.25) is 0 Å². The third kappa shape index (κ3) is 3.16. The molecule has 0 saturated carbocycles. The third-order valence-corrected chi connectivity index (χ3v) is 3.27. The Balaban J connectivity index is 2.31. The Morgan fingerprint density at radius 2 is 2.24 bits per heavy atom. The molecule has 0 amide bonds. The lowest BCUT2D eigenvalue weighted by Gasteiger charge is -2.13. The quantitative estimate of drug-likeness (QED) is 0.382. The van der Waals surface area contributed by atoms with Gasteiger partial charge in [0.05, 0.1) is 12.7 Å². The maximum Gasteiger partial charge on any atom is 0.173 e. The molecule has 1 heterocycles. The van der Waals surface area contributed by atoms with E-state index in [1.54, 1.807) is 19.4 Å². The largest absolute Gasteiger partial charge is 0.496 e. The predicted molar refractivity (Wildman–Crippen MR) is 80.9 cm³/mol. The monoisotopic (exact) mass is 288 g/mol. The second kappa shape index (κ2) is 6.30. The summed E-state index contributed by atoms with van der Waals surface area (Å²) in [6, 6.07) is 5.60. The van der Waals surface area contributed by atoms with Crippen LogP contribution in [0.5, 0.6) is 5.75 Å². The molecule has 6 heteroatoms. The van der Waals surface area contributed by atoms with E-state index < -0.39 is 0 Å². The summed E-state index contributed by atoms with van der Waals surface area (Å²) in [7, 11) is 1.56. The van der Waals surface area contributed by atoms with Crippen LogP contribution in [-0.4, -0.2) is 27.7 Å². The summed E-state index contributed by atoms with van der Waals surface area (Å²) in [4.78, 5) is 4.37. The molecule has 3 N–H and O–H groups in total. The highest BCUT2D eigenvalue weighted by atomic mass is 16.5. The predicted octanol–water partition coefficient (Wildman–Crippen LogP) is 2.16. The summed E-state index contributed by atoms with van der Waals surface area (Å²) < 4.78 is 7.41. The fourth-order valence-electron chi connectivity index (χ4n) is 2.25. The molecule has 2 rings (SSSR count). The number of imidazole rings is 1. The first kappa shape index (κ1) is 14.9. The van der Waals surface area contributed by atoms with Crippen molar-refractivity contribution in [2.24, 2.45) is 10.9 Å². The van der Waals surface area contributed by atoms with Gasteiger partial charge < -0.3 is 20.2 Å². The molecular formula is C15H20N4O2. The molecule has 112 valence electrons. The average Bonchev–Trinajstić information content (AvgIpc) is 2.94. The topological polar surface area (TPSA) is 85.7 Å². The summed E-state index contributed by atoms with van der Waals surface area (Å²) >= 11 is 0. The molecule has 0 unspecified atom stereocenters. The van der Waals surface area contributed by atoms with Crippen molar-refractivity contribution in [3.8, 4) is 5.75 Å². The number of hydrogen-bond donors (Lipinski definition) is 2. The second-order valence-corrected chi connectivity index (χ2v) is 5.09. The van der Waals surface area contributed by atoms with Gasteiger partial charge in [-0.3, -0.25) is 0 Å². The molecule has 1 aromatic carbocycles. The van der Waals surface area contributed by atoms with Gasteiger partial charge in [0.25, 0.3) is 0 Å². The minimum Gasteiger partial charge on any atom is -0.496 e. The Morgan fingerprint density at radius 1 is 1.48 bits per heavy atom. The van der Waals surface area contributed by atoms with Crippen molar-refractivity contribution in [2.45, 2.75) is 26.3 Å². The first-order valence-electron chi connectivity index (χ1n) is 6.72. The number of benzene rings is 1. The molecule has 0 bridgehead atoms. The van der Waals surface area contributed by atoms with E-state index in [1.165, 1.54) is 0 Å². The Labute approximate surface area is 123 Å². The van der Waals surface area contributed by atoms with Crippen LogP contribution in [0.15, 0.2) is 35.7 Å². The molecule has 0 fully saturated rings. The van der Waals surface area contributed by atoms with E-state index in [-0.39, 0.29) is 5.84 Å². The Kier molecular flexibility index (Phi) is 4.47. The zero-order valence-electron chi connectivity index (χ0n) is 12.4. The number of rotatable bonds is 5. The van der Waals surface area contributed by atoms with Crippen molar-refractivity contribution in [1.29, 1.82) is 0 Å². The molecule has 0 spiro atoms. The molecule has 0 radical (unpaired) electrons. The number of aromatic nitrogens is 2. The van der Waals surface area contributed by atoms with E-state index in [9.17, 15) is 0 Å². The summed E-state index contributed by atoms with van der Waals surface area (Å²) in [5.41, 5.74) is 7.25. The van der Waals surface area contributed by atoms with Crippen molar-refractivity contribution >= 4 is 5.84 Å². The number of nitrogens with zero attached hydrogens (tertiary/aromatic N) is 3. The molecule has 0 aliphatic carbocycles. The summed E-state index contributed by atoms with van der Waals surface area (Å²) in [6.07, 6.45) is 3.76. The molecule has 0 atom stereocenters. The van der Waals surface area contributed by atoms with Gasteiger partial charge in [0.15, 0.2) is 5.84 Å². The molecule has 0 aliphatic heterocycles. The molecule has 2 aromatic rings. The van der Waals surface area contributed by atoms with Crippen LogP contribution >= 0.6 is 0 Å². The normalized spacial score (nSPS) is 11.9. The van der Waals surface area contributed by atoms with Gasteiger partial charge in [-0.05, 0) is 17.7 Å². The van der Waals surface area contributed by atoms with E-state index in [2.05, 4.69) is 28.6 Å². The number of oxime groups is 1. The summed E-state index contributed by atoms with van der Waals surface area (Å²) in [6.45, 7) is 4.92. The highest BCUT2D eigenvalue weighted by molar-refractivity contribution is 5.99. The van der Waals surface area contributed by atoms with Crippen LogP contribution in [0.2, 0.25) is 0 Å². The number of hydrogen-bond acceptors (Lipinski definition) is 4. The zero-order chi connectivity index (χ0) is 15.4. The lowest BCUT2D eigenvalue weighted by atomic mass is 10.1. The van der Waals surface area contributed by atoms with E-state index >= 15 is 0 Å². The van der Waals surface area contributed by atoms with Crippen LogP contribution in [-0.2, 0) is 6.54 Å². The van der Waals surface area contributed by atoms with Gasteiger partial charge in [-0.15, -0.1) is 0 Å². The second-order valence-electron chi connectivity index (χ2n) is 5.09. The standard InChI is InChI=1S/C15H20N4O2/c1-10(2)15-17-6-7-19(15)9-11-4-5-12(14(16)18-20)13(8-11)21-3/h4-8,10,20H,9H2,1-3H3,(H2,16,18). The Hall–Kier alpha value is -2.50. The summed E-state index contributed by atoms with van der Waals surface area (Å²) in [5, 5.41) is 11.8. The fourth-order valence-corrected chi connectivity index (χ4v) is 2.25. The third-order valence-electron chi connectivity index (χ3n) is 3.27. The Bertz CT molecular complexity index is 647. The van der Waals surface area contributed by atoms with Gasteiger partial charge in [-0.1, -0.05) is 25.1 Å². The van der Waals surface area contributed by atoms with E-state index in [0.717, 1.165) is 11.4 Å². The maximum atomic E-state index is 8.78. The Morgan fingerprint density at radius 3 is 2.86 bits per heavy atom. The summed E-state index contributed by atoms with van der Waals surface area (Å²) in [5.74, 6) is 2.01. The number of amidine groups is 1. The molecule has 1 aromatic heterocycles. The van der Waals surface area contributed by atoms with Gasteiger partial charge in [0.1, 0.15) is 11.6 Å². The average molecular weight is 288 g/mol. The number of nitrogens with two attached hydrogens (primary N) is 1. The van der Waals surface area contributed by atoms with E-state index in [4.69, 9.17) is 15.7 Å². The van der Waals surface area contributed by atoms with Gasteiger partial charge in [-0.2, -0.15) is 0 Å². The minimum absolute atomic E-state index is 0.0314. The highest BCUT2D eigenvalue weighted by Gasteiger charge is 2.11. The van der Waals surface area contributed by atoms with Crippen molar-refractivity contribution in [3.05, 3.63) is 47.5 Å².